The van der Waals surface area contributed by atoms with Crippen LogP contribution in [-0.2, 0) is 15.0 Å². The highest BCUT2D eigenvalue weighted by molar-refractivity contribution is 6.20. The molecule has 1 spiro atoms. The molecule has 0 radical (unpaired) electrons. The number of Topliss-reactive ketones (excluding diaryl/α,β-unsaturated/α-hetero) is 1. The number of halogens is 1. The molecular formula is C26H23FN4O2. The van der Waals surface area contributed by atoms with Crippen LogP contribution >= 0.6 is 0 Å². The van der Waals surface area contributed by atoms with E-state index in [9.17, 15) is 19.2 Å². The Kier molecular flexibility index (Phi) is 4.31. The molecule has 0 fully saturated rings. The monoisotopic (exact) mass is 442 g/mol. The molecule has 1 aliphatic carbocycles. The number of amides is 1. The van der Waals surface area contributed by atoms with Crippen LogP contribution < -0.4 is 16.0 Å². The highest BCUT2D eigenvalue weighted by atomic mass is 19.1. The van der Waals surface area contributed by atoms with Gasteiger partial charge in [-0.3, -0.25) is 14.5 Å². The number of allylic oxidation sites excluding steroid dienone is 1. The van der Waals surface area contributed by atoms with Gasteiger partial charge >= 0.3 is 0 Å². The lowest BCUT2D eigenvalue weighted by molar-refractivity contribution is -0.123. The molecule has 5 rings (SSSR count). The highest BCUT2D eigenvalue weighted by Gasteiger charge is 2.61. The van der Waals surface area contributed by atoms with Crippen molar-refractivity contribution in [3.63, 3.8) is 0 Å². The van der Waals surface area contributed by atoms with Crippen LogP contribution in [0.2, 0.25) is 0 Å². The number of carbonyl (C=O) groups is 2. The third-order valence-electron chi connectivity index (χ3n) is 6.72. The minimum Gasteiger partial charge on any atom is -0.384 e. The highest BCUT2D eigenvalue weighted by Crippen LogP contribution is 2.57. The summed E-state index contributed by atoms with van der Waals surface area (Å²) < 4.78 is 14.4. The fourth-order valence-electron chi connectivity index (χ4n) is 5.45. The number of ketones is 1. The smallest absolute Gasteiger partial charge is 0.245 e. The van der Waals surface area contributed by atoms with Gasteiger partial charge in [0.1, 0.15) is 23.1 Å². The van der Waals surface area contributed by atoms with E-state index in [4.69, 9.17) is 5.73 Å². The van der Waals surface area contributed by atoms with Crippen LogP contribution in [0, 0.1) is 29.5 Å². The van der Waals surface area contributed by atoms with Crippen molar-refractivity contribution in [2.75, 3.05) is 10.2 Å². The van der Waals surface area contributed by atoms with Gasteiger partial charge in [0.2, 0.25) is 5.91 Å². The molecule has 1 atom stereocenters. The van der Waals surface area contributed by atoms with E-state index in [2.05, 4.69) is 11.4 Å². The average Bonchev–Trinajstić information content (AvgIpc) is 2.99. The Hall–Kier alpha value is -3.92. The van der Waals surface area contributed by atoms with Crippen molar-refractivity contribution < 1.29 is 14.0 Å². The van der Waals surface area contributed by atoms with E-state index in [1.165, 1.54) is 18.2 Å². The number of fused-ring (bicyclic) bond motifs is 3. The van der Waals surface area contributed by atoms with Crippen molar-refractivity contribution in [3.05, 3.63) is 82.1 Å². The topological polar surface area (TPSA) is 99.2 Å². The lowest BCUT2D eigenvalue weighted by Gasteiger charge is -2.46. The summed E-state index contributed by atoms with van der Waals surface area (Å²) >= 11 is 0. The molecule has 166 valence electrons. The van der Waals surface area contributed by atoms with Crippen LogP contribution in [0.3, 0.4) is 0 Å². The minimum absolute atomic E-state index is 0.0691. The van der Waals surface area contributed by atoms with E-state index in [0.29, 0.717) is 23.5 Å². The summed E-state index contributed by atoms with van der Waals surface area (Å²) in [6, 6.07) is 13.6. The molecule has 0 bridgehead atoms. The van der Waals surface area contributed by atoms with Gasteiger partial charge in [-0.1, -0.05) is 26.0 Å². The van der Waals surface area contributed by atoms with Gasteiger partial charge in [0.25, 0.3) is 0 Å². The van der Waals surface area contributed by atoms with Crippen LogP contribution in [0.15, 0.2) is 65.1 Å². The van der Waals surface area contributed by atoms with E-state index < -0.39 is 17.1 Å². The number of hydrogen-bond acceptors (Lipinski definition) is 5. The molecule has 2 heterocycles. The molecule has 2 aromatic carbocycles. The predicted octanol–water partition coefficient (Wildman–Crippen LogP) is 4.18. The Morgan fingerprint density at radius 3 is 2.61 bits per heavy atom. The summed E-state index contributed by atoms with van der Waals surface area (Å²) in [4.78, 5) is 29.1. The van der Waals surface area contributed by atoms with Gasteiger partial charge in [0.15, 0.2) is 5.78 Å². The number of hydrogen-bond donors (Lipinski definition) is 2. The van der Waals surface area contributed by atoms with Crippen LogP contribution in [0.1, 0.15) is 37.8 Å². The molecule has 3 N–H and O–H groups in total. The largest absolute Gasteiger partial charge is 0.384 e. The van der Waals surface area contributed by atoms with Crippen LogP contribution in [0.5, 0.6) is 0 Å². The lowest BCUT2D eigenvalue weighted by Crippen LogP contribution is -2.52. The number of nitrogens with one attached hydrogen (secondary N) is 1. The fourth-order valence-corrected chi connectivity index (χ4v) is 5.45. The van der Waals surface area contributed by atoms with Gasteiger partial charge in [-0.25, -0.2) is 4.39 Å². The Morgan fingerprint density at radius 1 is 1.15 bits per heavy atom. The van der Waals surface area contributed by atoms with Gasteiger partial charge < -0.3 is 11.1 Å². The molecule has 6 nitrogen and oxygen atoms in total. The molecule has 2 aromatic rings. The normalized spacial score (nSPS) is 23.4. The first-order valence-corrected chi connectivity index (χ1v) is 10.8. The number of aryl methyl sites for hydroxylation is 1. The van der Waals surface area contributed by atoms with E-state index in [-0.39, 0.29) is 40.1 Å². The van der Waals surface area contributed by atoms with Crippen molar-refractivity contribution in [2.45, 2.75) is 39.0 Å². The van der Waals surface area contributed by atoms with Gasteiger partial charge in [0.05, 0.1) is 5.57 Å². The van der Waals surface area contributed by atoms with Crippen molar-refractivity contribution in [3.8, 4) is 6.07 Å². The van der Waals surface area contributed by atoms with E-state index >= 15 is 0 Å². The molecular weight excluding hydrogens is 419 g/mol. The number of nitriles is 1. The maximum Gasteiger partial charge on any atom is 0.245 e. The first-order valence-electron chi connectivity index (χ1n) is 10.8. The van der Waals surface area contributed by atoms with Crippen molar-refractivity contribution in [2.24, 2.45) is 11.1 Å². The first-order chi connectivity index (χ1) is 15.6. The number of rotatable bonds is 1. The van der Waals surface area contributed by atoms with Crippen molar-refractivity contribution >= 4 is 23.1 Å². The van der Waals surface area contributed by atoms with E-state index in [1.54, 1.807) is 4.90 Å². The van der Waals surface area contributed by atoms with Crippen LogP contribution in [-0.4, -0.2) is 11.7 Å². The zero-order chi connectivity index (χ0) is 23.7. The van der Waals surface area contributed by atoms with Crippen LogP contribution in [0.4, 0.5) is 15.8 Å². The molecule has 0 saturated heterocycles. The molecule has 3 aliphatic rings. The van der Waals surface area contributed by atoms with Crippen LogP contribution in [0.25, 0.3) is 0 Å². The maximum atomic E-state index is 14.4. The molecule has 1 unspecified atom stereocenters. The molecule has 2 aliphatic heterocycles. The Labute approximate surface area is 191 Å². The number of anilines is 2. The van der Waals surface area contributed by atoms with E-state index in [0.717, 1.165) is 5.56 Å². The third-order valence-corrected chi connectivity index (χ3v) is 6.72. The van der Waals surface area contributed by atoms with Gasteiger partial charge in [-0.2, -0.15) is 5.26 Å². The number of nitrogens with two attached hydrogens (primary N) is 1. The number of carbonyl (C=O) groups excluding carboxylic acids is 2. The summed E-state index contributed by atoms with van der Waals surface area (Å²) in [6.07, 6.45) is 0.660. The fraction of sp³-hybridized carbons (Fsp3) is 0.269. The number of nitrogens with zero attached hydrogens (tertiary/aromatic N) is 2. The summed E-state index contributed by atoms with van der Waals surface area (Å²) in [5.41, 5.74) is 7.47. The zero-order valence-corrected chi connectivity index (χ0v) is 18.6. The third kappa shape index (κ3) is 2.77. The second kappa shape index (κ2) is 6.79. The first kappa shape index (κ1) is 21.0. The lowest BCUT2D eigenvalue weighted by atomic mass is 9.60. The average molecular weight is 442 g/mol. The molecule has 1 amide bonds. The molecule has 0 saturated carbocycles. The van der Waals surface area contributed by atoms with Crippen molar-refractivity contribution in [1.29, 1.82) is 5.26 Å². The van der Waals surface area contributed by atoms with Gasteiger partial charge in [-0.15, -0.1) is 0 Å². The Balaban J connectivity index is 1.92. The molecule has 0 aromatic heterocycles. The van der Waals surface area contributed by atoms with Gasteiger partial charge in [0, 0.05) is 34.6 Å². The standard InChI is InChI=1S/C26H23FN4O2/c1-14-5-4-6-16(9-14)31-20-11-25(2,3)12-21(32)22(20)26(18(13-28)23(31)29)17-10-15(27)7-8-19(17)30-24(26)33/h4-10H,11-12,29H2,1-3H3,(H,30,33). The summed E-state index contributed by atoms with van der Waals surface area (Å²) in [5, 5.41) is 13.0. The SMILES string of the molecule is Cc1cccc(N2C(N)=C(C#N)C3(C(=O)Nc4ccc(F)cc43)C3=C2CC(C)(C)CC3=O)c1. The summed E-state index contributed by atoms with van der Waals surface area (Å²) in [5.74, 6) is -1.30. The quantitative estimate of drug-likeness (QED) is 0.690. The Morgan fingerprint density at radius 2 is 1.91 bits per heavy atom. The van der Waals surface area contributed by atoms with Gasteiger partial charge in [-0.05, 0) is 54.7 Å². The van der Waals surface area contributed by atoms with Crippen molar-refractivity contribution in [1.82, 2.24) is 0 Å². The maximum absolute atomic E-state index is 14.4. The predicted molar refractivity (Wildman–Crippen MR) is 122 cm³/mol. The Bertz CT molecular complexity index is 1360. The molecule has 7 heteroatoms. The number of benzene rings is 2. The van der Waals surface area contributed by atoms with E-state index in [1.807, 2.05) is 45.0 Å². The second-order valence-electron chi connectivity index (χ2n) is 9.70. The minimum atomic E-state index is -1.78. The summed E-state index contributed by atoms with van der Waals surface area (Å²) in [6.45, 7) is 5.91. The summed E-state index contributed by atoms with van der Waals surface area (Å²) in [7, 11) is 0. The molecule has 33 heavy (non-hydrogen) atoms. The zero-order valence-electron chi connectivity index (χ0n) is 18.6. The second-order valence-corrected chi connectivity index (χ2v) is 9.70.